The van der Waals surface area contributed by atoms with Crippen LogP contribution in [0.4, 0.5) is 0 Å². The molecule has 1 aliphatic carbocycles. The second-order valence-electron chi connectivity index (χ2n) is 2.31. The minimum absolute atomic E-state index is 0.208. The van der Waals surface area contributed by atoms with E-state index in [0.717, 1.165) is 0 Å². The van der Waals surface area contributed by atoms with Gasteiger partial charge in [0, 0.05) is 12.1 Å². The van der Waals surface area contributed by atoms with Crippen LogP contribution in [-0.2, 0) is 0 Å². The average Bonchev–Trinajstić information content (AvgIpc) is 1.88. The van der Waals surface area contributed by atoms with E-state index in [1.165, 1.54) is 6.08 Å². The minimum atomic E-state index is -1.38. The van der Waals surface area contributed by atoms with Crippen molar-refractivity contribution in [3.8, 4) is 6.07 Å². The Morgan fingerprint density at radius 1 is 1.80 bits per heavy atom. The lowest BCUT2D eigenvalue weighted by molar-refractivity contribution is 0.149. The fourth-order valence-electron chi connectivity index (χ4n) is 0.837. The maximum atomic E-state index is 9.28. The quantitative estimate of drug-likeness (QED) is 0.462. The third-order valence-electron chi connectivity index (χ3n) is 1.35. The minimum Gasteiger partial charge on any atom is -0.402 e. The van der Waals surface area contributed by atoms with E-state index in [4.69, 9.17) is 11.0 Å². The van der Waals surface area contributed by atoms with Gasteiger partial charge in [0.25, 0.3) is 0 Å². The molecule has 0 aliphatic heterocycles. The molecule has 0 spiro atoms. The van der Waals surface area contributed by atoms with Gasteiger partial charge in [0.05, 0.1) is 0 Å². The molecule has 1 atom stereocenters. The van der Waals surface area contributed by atoms with Gasteiger partial charge in [-0.05, 0) is 12.2 Å². The Labute approximate surface area is 59.1 Å². The fourth-order valence-corrected chi connectivity index (χ4v) is 0.837. The number of nitrogens with two attached hydrogens (primary N) is 1. The smallest absolute Gasteiger partial charge is 0.175 e. The highest BCUT2D eigenvalue weighted by Gasteiger charge is 2.25. The highest BCUT2D eigenvalue weighted by molar-refractivity contribution is 5.29. The molecule has 0 amide bonds. The third-order valence-corrected chi connectivity index (χ3v) is 1.35. The lowest BCUT2D eigenvalue weighted by Gasteiger charge is -2.18. The summed E-state index contributed by atoms with van der Waals surface area (Å²) in [5, 5.41) is 17.7. The molecule has 0 saturated carbocycles. The summed E-state index contributed by atoms with van der Waals surface area (Å²) in [6, 6.07) is 1.76. The molecule has 1 aliphatic rings. The zero-order valence-corrected chi connectivity index (χ0v) is 5.41. The zero-order valence-electron chi connectivity index (χ0n) is 5.41. The maximum Gasteiger partial charge on any atom is 0.175 e. The number of allylic oxidation sites excluding steroid dienone is 2. The van der Waals surface area contributed by atoms with Crippen molar-refractivity contribution in [2.75, 3.05) is 0 Å². The highest BCUT2D eigenvalue weighted by Crippen LogP contribution is 2.18. The van der Waals surface area contributed by atoms with Gasteiger partial charge in [0.1, 0.15) is 6.07 Å². The van der Waals surface area contributed by atoms with E-state index in [1.807, 2.05) is 0 Å². The molecule has 0 aromatic carbocycles. The molecule has 0 radical (unpaired) electrons. The van der Waals surface area contributed by atoms with E-state index in [0.29, 0.717) is 5.70 Å². The Balaban J connectivity index is 2.84. The van der Waals surface area contributed by atoms with Crippen LogP contribution in [0.1, 0.15) is 6.42 Å². The van der Waals surface area contributed by atoms with Crippen LogP contribution in [0.15, 0.2) is 23.9 Å². The van der Waals surface area contributed by atoms with Crippen molar-refractivity contribution in [2.45, 2.75) is 12.0 Å². The van der Waals surface area contributed by atoms with E-state index in [-0.39, 0.29) is 6.42 Å². The van der Waals surface area contributed by atoms with Crippen molar-refractivity contribution >= 4 is 0 Å². The molecule has 0 fully saturated rings. The van der Waals surface area contributed by atoms with Crippen molar-refractivity contribution in [1.82, 2.24) is 0 Å². The molecule has 0 heterocycles. The van der Waals surface area contributed by atoms with E-state index >= 15 is 0 Å². The second kappa shape index (κ2) is 2.16. The number of nitrogens with zero attached hydrogens (tertiary/aromatic N) is 1. The summed E-state index contributed by atoms with van der Waals surface area (Å²) in [7, 11) is 0. The summed E-state index contributed by atoms with van der Waals surface area (Å²) in [5.74, 6) is 0. The van der Waals surface area contributed by atoms with E-state index < -0.39 is 5.60 Å². The summed E-state index contributed by atoms with van der Waals surface area (Å²) >= 11 is 0. The van der Waals surface area contributed by atoms with E-state index in [9.17, 15) is 5.11 Å². The highest BCUT2D eigenvalue weighted by atomic mass is 16.3. The lowest BCUT2D eigenvalue weighted by Crippen LogP contribution is -2.27. The predicted octanol–water partition coefficient (Wildman–Crippen LogP) is 0.0436. The predicted molar refractivity (Wildman–Crippen MR) is 36.6 cm³/mol. The number of rotatable bonds is 0. The Kier molecular flexibility index (Phi) is 1.48. The largest absolute Gasteiger partial charge is 0.402 e. The Hall–Kier alpha value is -1.27. The van der Waals surface area contributed by atoms with E-state index in [1.54, 1.807) is 18.2 Å². The van der Waals surface area contributed by atoms with Crippen molar-refractivity contribution in [3.05, 3.63) is 23.9 Å². The van der Waals surface area contributed by atoms with Crippen LogP contribution in [0, 0.1) is 11.3 Å². The van der Waals surface area contributed by atoms with Gasteiger partial charge in [-0.2, -0.15) is 5.26 Å². The van der Waals surface area contributed by atoms with Gasteiger partial charge in [-0.25, -0.2) is 0 Å². The van der Waals surface area contributed by atoms with Gasteiger partial charge >= 0.3 is 0 Å². The van der Waals surface area contributed by atoms with Crippen LogP contribution >= 0.6 is 0 Å². The van der Waals surface area contributed by atoms with Gasteiger partial charge in [0.2, 0.25) is 0 Å². The first-order valence-electron chi connectivity index (χ1n) is 2.94. The Morgan fingerprint density at radius 3 is 2.90 bits per heavy atom. The molecule has 3 N–H and O–H groups in total. The van der Waals surface area contributed by atoms with Crippen LogP contribution in [0.5, 0.6) is 0 Å². The fraction of sp³-hybridized carbons (Fsp3) is 0.286. The Bertz CT molecular complexity index is 236. The number of hydrogen-bond donors (Lipinski definition) is 2. The number of hydrogen-bond acceptors (Lipinski definition) is 3. The zero-order chi connectivity index (χ0) is 7.61. The molecule has 52 valence electrons. The standard InChI is InChI=1S/C7H8N2O/c8-5-7(10)3-1-2-6(9)4-7/h1-3,10H,4,9H2. The van der Waals surface area contributed by atoms with Crippen LogP contribution in [0.3, 0.4) is 0 Å². The number of nitriles is 1. The monoisotopic (exact) mass is 136 g/mol. The normalized spacial score (nSPS) is 31.0. The average molecular weight is 136 g/mol. The first-order chi connectivity index (χ1) is 4.66. The van der Waals surface area contributed by atoms with Gasteiger partial charge in [-0.1, -0.05) is 6.08 Å². The molecule has 0 aromatic rings. The van der Waals surface area contributed by atoms with Crippen LogP contribution < -0.4 is 5.73 Å². The molecule has 0 aromatic heterocycles. The molecule has 10 heavy (non-hydrogen) atoms. The summed E-state index contributed by atoms with van der Waals surface area (Å²) in [6.45, 7) is 0. The van der Waals surface area contributed by atoms with E-state index in [2.05, 4.69) is 0 Å². The molecule has 0 bridgehead atoms. The first kappa shape index (κ1) is 6.84. The molecule has 3 heteroatoms. The van der Waals surface area contributed by atoms with Crippen LogP contribution in [-0.4, -0.2) is 10.7 Å². The summed E-state index contributed by atoms with van der Waals surface area (Å²) < 4.78 is 0. The molecule has 1 rings (SSSR count). The summed E-state index contributed by atoms with van der Waals surface area (Å²) in [5.41, 5.74) is 4.54. The topological polar surface area (TPSA) is 70.0 Å². The molecular formula is C7H8N2O. The molecule has 1 unspecified atom stereocenters. The van der Waals surface area contributed by atoms with Gasteiger partial charge in [0.15, 0.2) is 5.60 Å². The van der Waals surface area contributed by atoms with Gasteiger partial charge in [-0.15, -0.1) is 0 Å². The van der Waals surface area contributed by atoms with Crippen LogP contribution in [0.2, 0.25) is 0 Å². The van der Waals surface area contributed by atoms with Crippen LogP contribution in [0.25, 0.3) is 0 Å². The third kappa shape index (κ3) is 1.17. The number of aliphatic hydroxyl groups is 1. The maximum absolute atomic E-state index is 9.28. The summed E-state index contributed by atoms with van der Waals surface area (Å²) in [6.07, 6.45) is 4.90. The lowest BCUT2D eigenvalue weighted by atomic mass is 9.95. The van der Waals surface area contributed by atoms with Crippen molar-refractivity contribution < 1.29 is 5.11 Å². The van der Waals surface area contributed by atoms with Crippen molar-refractivity contribution in [2.24, 2.45) is 5.73 Å². The molecule has 3 nitrogen and oxygen atoms in total. The van der Waals surface area contributed by atoms with Gasteiger partial charge in [-0.3, -0.25) is 0 Å². The molecule has 0 saturated heterocycles. The molecular weight excluding hydrogens is 128 g/mol. The summed E-state index contributed by atoms with van der Waals surface area (Å²) in [4.78, 5) is 0. The SMILES string of the molecule is N#CC1(O)C=CC=C(N)C1. The second-order valence-corrected chi connectivity index (χ2v) is 2.31. The Morgan fingerprint density at radius 2 is 2.50 bits per heavy atom. The van der Waals surface area contributed by atoms with Crippen molar-refractivity contribution in [3.63, 3.8) is 0 Å². The van der Waals surface area contributed by atoms with Crippen molar-refractivity contribution in [1.29, 1.82) is 5.26 Å². The van der Waals surface area contributed by atoms with Gasteiger partial charge < -0.3 is 10.8 Å². The first-order valence-corrected chi connectivity index (χ1v) is 2.94.